The quantitative estimate of drug-likeness (QED) is 0.576. The van der Waals surface area contributed by atoms with E-state index in [1.54, 1.807) is 0 Å². The summed E-state index contributed by atoms with van der Waals surface area (Å²) in [6.45, 7) is 7.33. The minimum atomic E-state index is -3.93. The predicted molar refractivity (Wildman–Crippen MR) is 111 cm³/mol. The molecule has 0 amide bonds. The smallest absolute Gasteiger partial charge is 0.270 e. The second-order valence-electron chi connectivity index (χ2n) is 8.18. The normalized spacial score (nSPS) is 21.6. The zero-order valence-electron chi connectivity index (χ0n) is 16.8. The van der Waals surface area contributed by atoms with Gasteiger partial charge in [-0.1, -0.05) is 19.4 Å². The molecule has 2 aliphatic rings. The third kappa shape index (κ3) is 5.01. The number of sulfonamides is 1. The summed E-state index contributed by atoms with van der Waals surface area (Å²) in [5, 5.41) is 15.6. The fourth-order valence-electron chi connectivity index (χ4n) is 3.75. The van der Waals surface area contributed by atoms with Gasteiger partial charge in [0.25, 0.3) is 5.69 Å². The Morgan fingerprint density at radius 2 is 1.93 bits per heavy atom. The minimum absolute atomic E-state index is 0.0670. The number of non-ortho nitro benzene ring substituents is 1. The first-order chi connectivity index (χ1) is 13.6. The van der Waals surface area contributed by atoms with Gasteiger partial charge < -0.3 is 4.74 Å². The van der Waals surface area contributed by atoms with Crippen molar-refractivity contribution in [1.29, 1.82) is 0 Å². The molecule has 0 saturated carbocycles. The molecule has 0 unspecified atom stereocenters. The van der Waals surface area contributed by atoms with Crippen molar-refractivity contribution in [2.75, 3.05) is 31.7 Å². The number of hydrogen-bond donors (Lipinski definition) is 1. The van der Waals surface area contributed by atoms with E-state index in [0.717, 1.165) is 24.6 Å². The van der Waals surface area contributed by atoms with Crippen LogP contribution in [0.5, 0.6) is 0 Å². The fraction of sp³-hybridized carbons (Fsp3) is 0.526. The molecule has 1 heterocycles. The van der Waals surface area contributed by atoms with E-state index in [9.17, 15) is 18.5 Å². The molecule has 9 nitrogen and oxygen atoms in total. The average Bonchev–Trinajstić information content (AvgIpc) is 2.65. The van der Waals surface area contributed by atoms with Crippen LogP contribution in [0.1, 0.15) is 33.6 Å². The molecular formula is C19H26N4O5S. The average molecular weight is 423 g/mol. The fourth-order valence-corrected chi connectivity index (χ4v) is 5.32. The first kappa shape index (κ1) is 21.4. The van der Waals surface area contributed by atoms with Crippen molar-refractivity contribution in [2.45, 2.75) is 38.5 Å². The van der Waals surface area contributed by atoms with Crippen LogP contribution in [0.15, 0.2) is 39.8 Å². The second-order valence-corrected chi connectivity index (χ2v) is 10.1. The zero-order valence-corrected chi connectivity index (χ0v) is 17.7. The number of hydrazone groups is 1. The zero-order chi connectivity index (χ0) is 21.2. The number of nitrogens with zero attached hydrogens (tertiary/aromatic N) is 3. The number of nitrogens with one attached hydrogen (secondary N) is 1. The van der Waals surface area contributed by atoms with E-state index < -0.39 is 14.9 Å². The van der Waals surface area contributed by atoms with E-state index in [4.69, 9.17) is 4.74 Å². The first-order valence-corrected chi connectivity index (χ1v) is 10.9. The Balaban J connectivity index is 1.97. The van der Waals surface area contributed by atoms with Crippen molar-refractivity contribution >= 4 is 27.1 Å². The van der Waals surface area contributed by atoms with Crippen LogP contribution < -0.4 is 5.43 Å². The molecule has 158 valence electrons. The lowest BCUT2D eigenvalue weighted by Crippen LogP contribution is -2.40. The van der Waals surface area contributed by atoms with Gasteiger partial charge in [0.15, 0.2) is 0 Å². The van der Waals surface area contributed by atoms with Gasteiger partial charge in [-0.2, -0.15) is 9.41 Å². The highest BCUT2D eigenvalue weighted by Crippen LogP contribution is 2.34. The summed E-state index contributed by atoms with van der Waals surface area (Å²) in [4.78, 5) is 10.4. The Hall–Kier alpha value is -2.30. The van der Waals surface area contributed by atoms with Gasteiger partial charge in [-0.3, -0.25) is 15.5 Å². The summed E-state index contributed by atoms with van der Waals surface area (Å²) < 4.78 is 32.8. The molecule has 29 heavy (non-hydrogen) atoms. The largest absolute Gasteiger partial charge is 0.379 e. The summed E-state index contributed by atoms with van der Waals surface area (Å²) in [6.07, 6.45) is 3.70. The third-order valence-electron chi connectivity index (χ3n) is 4.91. The van der Waals surface area contributed by atoms with Crippen LogP contribution in [0, 0.1) is 15.5 Å². The summed E-state index contributed by atoms with van der Waals surface area (Å²) in [5.41, 5.74) is 4.84. The molecule has 3 rings (SSSR count). The summed E-state index contributed by atoms with van der Waals surface area (Å²) >= 11 is 0. The van der Waals surface area contributed by atoms with Crippen LogP contribution in [0.2, 0.25) is 0 Å². The third-order valence-corrected chi connectivity index (χ3v) is 6.85. The maximum atomic E-state index is 13.1. The molecule has 1 aliphatic heterocycles. The number of benzene rings is 1. The molecule has 0 spiro atoms. The Morgan fingerprint density at radius 1 is 1.24 bits per heavy atom. The molecule has 1 aromatic carbocycles. The van der Waals surface area contributed by atoms with E-state index in [0.29, 0.717) is 13.2 Å². The van der Waals surface area contributed by atoms with Crippen molar-refractivity contribution in [3.63, 3.8) is 0 Å². The number of nitro benzene ring substituents is 1. The van der Waals surface area contributed by atoms with Crippen molar-refractivity contribution < 1.29 is 18.1 Å². The molecular weight excluding hydrogens is 396 g/mol. The predicted octanol–water partition coefficient (Wildman–Crippen LogP) is 3.15. The lowest BCUT2D eigenvalue weighted by atomic mass is 9.77. The van der Waals surface area contributed by atoms with Gasteiger partial charge in [-0.15, -0.1) is 0 Å². The molecule has 0 aromatic heterocycles. The van der Waals surface area contributed by atoms with Gasteiger partial charge in [-0.05, 0) is 37.3 Å². The van der Waals surface area contributed by atoms with Crippen LogP contribution in [0.25, 0.3) is 0 Å². The van der Waals surface area contributed by atoms with Crippen molar-refractivity contribution in [2.24, 2.45) is 10.5 Å². The Kier molecular flexibility index (Phi) is 6.06. The maximum absolute atomic E-state index is 13.1. The second kappa shape index (κ2) is 8.21. The Labute approximate surface area is 170 Å². The number of allylic oxidation sites excluding steroid dienone is 2. The van der Waals surface area contributed by atoms with Gasteiger partial charge in [0.2, 0.25) is 10.0 Å². The number of nitro groups is 1. The molecule has 0 atom stereocenters. The number of anilines is 1. The number of hydrogen-bond acceptors (Lipinski definition) is 7. The molecule has 1 aromatic rings. The Bertz CT molecular complexity index is 963. The topological polar surface area (TPSA) is 114 Å². The van der Waals surface area contributed by atoms with Crippen molar-refractivity contribution in [3.8, 4) is 0 Å². The highest BCUT2D eigenvalue weighted by atomic mass is 32.2. The monoisotopic (exact) mass is 422 g/mol. The molecule has 0 radical (unpaired) electrons. The first-order valence-electron chi connectivity index (χ1n) is 9.45. The molecule has 1 N–H and O–H groups in total. The van der Waals surface area contributed by atoms with Crippen LogP contribution in [0.4, 0.5) is 11.4 Å². The Morgan fingerprint density at radius 3 is 2.55 bits per heavy atom. The van der Waals surface area contributed by atoms with E-state index in [1.165, 1.54) is 22.0 Å². The lowest BCUT2D eigenvalue weighted by Gasteiger charge is -2.29. The van der Waals surface area contributed by atoms with Crippen molar-refractivity contribution in [1.82, 2.24) is 4.31 Å². The summed E-state index contributed by atoms with van der Waals surface area (Å²) in [7, 11) is -3.93. The van der Waals surface area contributed by atoms with Gasteiger partial charge in [-0.25, -0.2) is 8.42 Å². The molecule has 10 heteroatoms. The van der Waals surface area contributed by atoms with Gasteiger partial charge in [0.05, 0.1) is 29.5 Å². The standard InChI is InChI=1S/C19H26N4O5S/c1-14-10-15(13-19(2,3)12-14)20-21-17-5-4-16(23(24)25)11-18(17)29(26,27)22-6-8-28-9-7-22/h4-5,10-11,21H,6-9,12-13H2,1-3H3/b20-15-. The van der Waals surface area contributed by atoms with Gasteiger partial charge in [0, 0.05) is 25.2 Å². The highest BCUT2D eigenvalue weighted by Gasteiger charge is 2.31. The van der Waals surface area contributed by atoms with Crippen LogP contribution in [-0.2, 0) is 14.8 Å². The number of ether oxygens (including phenoxy) is 1. The lowest BCUT2D eigenvalue weighted by molar-refractivity contribution is -0.385. The number of morpholine rings is 1. The SMILES string of the molecule is CC1=C/C(=N/Nc2ccc([N+](=O)[O-])cc2S(=O)(=O)N2CCOCC2)CC(C)(C)C1. The summed E-state index contributed by atoms with van der Waals surface area (Å²) in [5.74, 6) is 0. The molecule has 0 bridgehead atoms. The van der Waals surface area contributed by atoms with E-state index in [2.05, 4.69) is 24.4 Å². The maximum Gasteiger partial charge on any atom is 0.270 e. The number of rotatable bonds is 5. The van der Waals surface area contributed by atoms with Crippen LogP contribution >= 0.6 is 0 Å². The molecule has 1 saturated heterocycles. The van der Waals surface area contributed by atoms with Crippen LogP contribution in [0.3, 0.4) is 0 Å². The highest BCUT2D eigenvalue weighted by molar-refractivity contribution is 7.89. The minimum Gasteiger partial charge on any atom is -0.379 e. The van der Waals surface area contributed by atoms with E-state index in [-0.39, 0.29) is 34.8 Å². The van der Waals surface area contributed by atoms with Gasteiger partial charge in [0.1, 0.15) is 4.90 Å². The van der Waals surface area contributed by atoms with Gasteiger partial charge >= 0.3 is 0 Å². The van der Waals surface area contributed by atoms with Crippen LogP contribution in [-0.4, -0.2) is 49.7 Å². The molecule has 1 aliphatic carbocycles. The van der Waals surface area contributed by atoms with E-state index in [1.807, 2.05) is 13.0 Å². The van der Waals surface area contributed by atoms with Crippen molar-refractivity contribution in [3.05, 3.63) is 40.0 Å². The molecule has 1 fully saturated rings. The van der Waals surface area contributed by atoms with E-state index >= 15 is 0 Å². The summed E-state index contributed by atoms with van der Waals surface area (Å²) in [6, 6.07) is 3.74.